The van der Waals surface area contributed by atoms with Gasteiger partial charge >= 0.3 is 5.97 Å². The highest BCUT2D eigenvalue weighted by molar-refractivity contribution is 5.76. The van der Waals surface area contributed by atoms with Crippen molar-refractivity contribution in [1.29, 1.82) is 0 Å². The highest BCUT2D eigenvalue weighted by atomic mass is 16.6. The van der Waals surface area contributed by atoms with Crippen LogP contribution in [0.2, 0.25) is 0 Å². The van der Waals surface area contributed by atoms with Crippen LogP contribution < -0.4 is 5.32 Å². The Morgan fingerprint density at radius 2 is 2.07 bits per heavy atom. The largest absolute Gasteiger partial charge is 0.461 e. The number of ether oxygens (including phenoxy) is 1. The van der Waals surface area contributed by atoms with Gasteiger partial charge in [-0.15, -0.1) is 0 Å². The van der Waals surface area contributed by atoms with E-state index in [1.165, 1.54) is 11.1 Å². The second kappa shape index (κ2) is 7.06. The quantitative estimate of drug-likeness (QED) is 0.629. The van der Waals surface area contributed by atoms with Crippen LogP contribution in [-0.4, -0.2) is 29.8 Å². The van der Waals surface area contributed by atoms with Crippen molar-refractivity contribution in [1.82, 2.24) is 5.32 Å². The standard InChI is InChI=1S/C23H31NO3/c1-14-8-7-11-17-12-19-20(21(25)23(14,17)3)18(22(26)27-19)13-24-15(2)16-9-5-4-6-10-16/h4-6,9-11,14-15,18-21,24-25H,7-8,12-13H2,1-3H3. The number of hydrogen-bond acceptors (Lipinski definition) is 4. The van der Waals surface area contributed by atoms with Gasteiger partial charge < -0.3 is 15.2 Å². The summed E-state index contributed by atoms with van der Waals surface area (Å²) in [6.45, 7) is 7.06. The van der Waals surface area contributed by atoms with Crippen LogP contribution >= 0.6 is 0 Å². The zero-order valence-electron chi connectivity index (χ0n) is 16.5. The maximum Gasteiger partial charge on any atom is 0.311 e. The normalized spacial score (nSPS) is 39.2. The summed E-state index contributed by atoms with van der Waals surface area (Å²) in [5.74, 6) is -0.160. The van der Waals surface area contributed by atoms with Gasteiger partial charge in [-0.1, -0.05) is 55.8 Å². The third-order valence-electron chi connectivity index (χ3n) is 7.51. The fourth-order valence-corrected chi connectivity index (χ4v) is 5.46. The summed E-state index contributed by atoms with van der Waals surface area (Å²) in [5.41, 5.74) is 2.24. The van der Waals surface area contributed by atoms with E-state index in [9.17, 15) is 9.90 Å². The summed E-state index contributed by atoms with van der Waals surface area (Å²) >= 11 is 0. The lowest BCUT2D eigenvalue weighted by Gasteiger charge is -2.51. The lowest BCUT2D eigenvalue weighted by atomic mass is 9.55. The molecule has 0 bridgehead atoms. The van der Waals surface area contributed by atoms with Crippen molar-refractivity contribution in [2.24, 2.45) is 23.2 Å². The number of rotatable bonds is 4. The van der Waals surface area contributed by atoms with E-state index in [0.29, 0.717) is 12.5 Å². The Balaban J connectivity index is 1.52. The number of esters is 1. The average molecular weight is 370 g/mol. The first-order valence-corrected chi connectivity index (χ1v) is 10.3. The van der Waals surface area contributed by atoms with Crippen molar-refractivity contribution in [3.05, 3.63) is 47.5 Å². The first kappa shape index (κ1) is 18.7. The third kappa shape index (κ3) is 3.03. The molecule has 0 radical (unpaired) electrons. The van der Waals surface area contributed by atoms with Gasteiger partial charge in [-0.25, -0.2) is 0 Å². The maximum absolute atomic E-state index is 12.6. The fraction of sp³-hybridized carbons (Fsp3) is 0.609. The van der Waals surface area contributed by atoms with Crippen molar-refractivity contribution in [3.63, 3.8) is 0 Å². The molecule has 1 saturated carbocycles. The molecule has 4 heteroatoms. The van der Waals surface area contributed by atoms with E-state index in [1.807, 2.05) is 18.2 Å². The predicted molar refractivity (Wildman–Crippen MR) is 105 cm³/mol. The summed E-state index contributed by atoms with van der Waals surface area (Å²) in [6, 6.07) is 10.4. The molecule has 1 heterocycles. The second-order valence-electron chi connectivity index (χ2n) is 8.84. The summed E-state index contributed by atoms with van der Waals surface area (Å²) in [4.78, 5) is 12.6. The highest BCUT2D eigenvalue weighted by Gasteiger charge is 2.59. The molecule has 4 nitrogen and oxygen atoms in total. The van der Waals surface area contributed by atoms with Crippen molar-refractivity contribution in [3.8, 4) is 0 Å². The van der Waals surface area contributed by atoms with Gasteiger partial charge in [0.05, 0.1) is 12.0 Å². The van der Waals surface area contributed by atoms with Gasteiger partial charge in [0.25, 0.3) is 0 Å². The fourth-order valence-electron chi connectivity index (χ4n) is 5.46. The molecule has 2 fully saturated rings. The van der Waals surface area contributed by atoms with Crippen LogP contribution in [0.3, 0.4) is 0 Å². The molecule has 3 aliphatic rings. The van der Waals surface area contributed by atoms with Gasteiger partial charge in [0.1, 0.15) is 6.10 Å². The van der Waals surface area contributed by atoms with Crippen molar-refractivity contribution in [2.45, 2.75) is 58.3 Å². The van der Waals surface area contributed by atoms with Gasteiger partial charge in [0.15, 0.2) is 0 Å². The number of aliphatic hydroxyl groups is 1. The Hall–Kier alpha value is -1.65. The number of aliphatic hydroxyl groups excluding tert-OH is 1. The SMILES string of the molecule is CC(NCC1C(=O)OC2CC3=CCCC(C)C3(C)C(O)C21)c1ccccc1. The molecule has 1 aliphatic heterocycles. The summed E-state index contributed by atoms with van der Waals surface area (Å²) in [6.07, 6.45) is 4.48. The summed E-state index contributed by atoms with van der Waals surface area (Å²) < 4.78 is 5.74. The Morgan fingerprint density at radius 3 is 2.81 bits per heavy atom. The zero-order valence-corrected chi connectivity index (χ0v) is 16.5. The van der Waals surface area contributed by atoms with E-state index in [-0.39, 0.29) is 35.4 Å². The van der Waals surface area contributed by atoms with Crippen molar-refractivity contribution >= 4 is 5.97 Å². The minimum atomic E-state index is -0.539. The van der Waals surface area contributed by atoms with Gasteiger partial charge in [0.2, 0.25) is 0 Å². The lowest BCUT2D eigenvalue weighted by Crippen LogP contribution is -2.54. The van der Waals surface area contributed by atoms with Crippen LogP contribution in [-0.2, 0) is 9.53 Å². The van der Waals surface area contributed by atoms with E-state index in [0.717, 1.165) is 19.3 Å². The molecule has 27 heavy (non-hydrogen) atoms. The molecular formula is C23H31NO3. The average Bonchev–Trinajstić information content (AvgIpc) is 2.98. The monoisotopic (exact) mass is 369 g/mol. The Morgan fingerprint density at radius 1 is 1.33 bits per heavy atom. The van der Waals surface area contributed by atoms with E-state index >= 15 is 0 Å². The van der Waals surface area contributed by atoms with Gasteiger partial charge in [-0.3, -0.25) is 4.79 Å². The Kier molecular flexibility index (Phi) is 4.89. The van der Waals surface area contributed by atoms with Gasteiger partial charge in [0, 0.05) is 30.3 Å². The second-order valence-corrected chi connectivity index (χ2v) is 8.84. The number of fused-ring (bicyclic) bond motifs is 2. The molecule has 2 aliphatic carbocycles. The number of benzene rings is 1. The lowest BCUT2D eigenvalue weighted by molar-refractivity contribution is -0.144. The molecule has 7 atom stereocenters. The molecule has 1 aromatic rings. The predicted octanol–water partition coefficient (Wildman–Crippen LogP) is 3.62. The Bertz CT molecular complexity index is 730. The molecule has 0 amide bonds. The number of carbonyl (C=O) groups excluding carboxylic acids is 1. The van der Waals surface area contributed by atoms with E-state index in [4.69, 9.17) is 4.74 Å². The number of hydrogen-bond donors (Lipinski definition) is 2. The highest BCUT2D eigenvalue weighted by Crippen LogP contribution is 2.55. The Labute approximate surface area is 162 Å². The molecule has 1 aromatic carbocycles. The van der Waals surface area contributed by atoms with E-state index < -0.39 is 6.10 Å². The van der Waals surface area contributed by atoms with E-state index in [2.05, 4.69) is 44.3 Å². The molecule has 0 spiro atoms. The molecule has 2 N–H and O–H groups in total. The zero-order chi connectivity index (χ0) is 19.2. The van der Waals surface area contributed by atoms with Gasteiger partial charge in [-0.05, 0) is 31.2 Å². The smallest absolute Gasteiger partial charge is 0.311 e. The maximum atomic E-state index is 12.6. The van der Waals surface area contributed by atoms with Crippen LogP contribution in [0.5, 0.6) is 0 Å². The number of nitrogens with one attached hydrogen (secondary N) is 1. The first-order valence-electron chi connectivity index (χ1n) is 10.3. The van der Waals surface area contributed by atoms with Crippen LogP contribution in [0.15, 0.2) is 42.0 Å². The summed E-state index contributed by atoms with van der Waals surface area (Å²) in [7, 11) is 0. The molecule has 0 aromatic heterocycles. The van der Waals surface area contributed by atoms with Gasteiger partial charge in [-0.2, -0.15) is 0 Å². The van der Waals surface area contributed by atoms with E-state index in [1.54, 1.807) is 0 Å². The van der Waals surface area contributed by atoms with Crippen LogP contribution in [0.25, 0.3) is 0 Å². The molecule has 146 valence electrons. The minimum absolute atomic E-state index is 0.129. The van der Waals surface area contributed by atoms with Crippen molar-refractivity contribution < 1.29 is 14.6 Å². The van der Waals surface area contributed by atoms with Crippen LogP contribution in [0, 0.1) is 23.2 Å². The minimum Gasteiger partial charge on any atom is -0.461 e. The van der Waals surface area contributed by atoms with Crippen LogP contribution in [0.1, 0.15) is 51.6 Å². The molecule has 7 unspecified atom stereocenters. The molecule has 1 saturated heterocycles. The first-order chi connectivity index (χ1) is 12.9. The topological polar surface area (TPSA) is 58.6 Å². The number of allylic oxidation sites excluding steroid dienone is 1. The molecule has 4 rings (SSSR count). The third-order valence-corrected chi connectivity index (χ3v) is 7.51. The molecular weight excluding hydrogens is 338 g/mol. The van der Waals surface area contributed by atoms with Crippen LogP contribution in [0.4, 0.5) is 0 Å². The summed E-state index contributed by atoms with van der Waals surface area (Å²) in [5, 5.41) is 14.9. The van der Waals surface area contributed by atoms with Crippen molar-refractivity contribution in [2.75, 3.05) is 6.54 Å². The number of carbonyl (C=O) groups is 1.